The fourth-order valence-electron chi connectivity index (χ4n) is 4.09. The molecular weight excluding hydrogens is 286 g/mol. The van der Waals surface area contributed by atoms with Crippen molar-refractivity contribution < 1.29 is 24.2 Å². The summed E-state index contributed by atoms with van der Waals surface area (Å²) in [4.78, 5) is 24.8. The lowest BCUT2D eigenvalue weighted by Gasteiger charge is -2.53. The number of carbonyl (C=O) groups is 2. The van der Waals surface area contributed by atoms with E-state index in [0.29, 0.717) is 19.4 Å². The summed E-state index contributed by atoms with van der Waals surface area (Å²) in [6.07, 6.45) is 2.07. The highest BCUT2D eigenvalue weighted by molar-refractivity contribution is 5.70. The molecule has 0 unspecified atom stereocenters. The van der Waals surface area contributed by atoms with Crippen molar-refractivity contribution in [2.75, 3.05) is 13.2 Å². The molecular formula is C16H27NO5. The molecule has 0 aliphatic carbocycles. The van der Waals surface area contributed by atoms with Gasteiger partial charge in [0.2, 0.25) is 0 Å². The number of ether oxygens (including phenoxy) is 2. The molecule has 2 saturated heterocycles. The minimum absolute atomic E-state index is 0.0160. The summed E-state index contributed by atoms with van der Waals surface area (Å²) in [6.45, 7) is 8.29. The van der Waals surface area contributed by atoms with E-state index in [2.05, 4.69) is 20.8 Å². The summed E-state index contributed by atoms with van der Waals surface area (Å²) in [5, 5.41) is 9.63. The zero-order valence-corrected chi connectivity index (χ0v) is 13.9. The molecule has 2 bridgehead atoms. The van der Waals surface area contributed by atoms with Crippen LogP contribution in [0.3, 0.4) is 0 Å². The first-order valence-electron chi connectivity index (χ1n) is 8.01. The molecule has 3 atom stereocenters. The zero-order valence-electron chi connectivity index (χ0n) is 13.9. The monoisotopic (exact) mass is 313 g/mol. The lowest BCUT2D eigenvalue weighted by Crippen LogP contribution is -2.62. The van der Waals surface area contributed by atoms with Crippen molar-refractivity contribution in [3.8, 4) is 0 Å². The van der Waals surface area contributed by atoms with Gasteiger partial charge in [-0.15, -0.1) is 0 Å². The Bertz CT molecular complexity index is 444. The lowest BCUT2D eigenvalue weighted by atomic mass is 9.68. The maximum Gasteiger partial charge on any atom is 0.408 e. The second kappa shape index (κ2) is 6.07. The Labute approximate surface area is 131 Å². The van der Waals surface area contributed by atoms with E-state index in [-0.39, 0.29) is 30.1 Å². The zero-order chi connectivity index (χ0) is 16.5. The topological polar surface area (TPSA) is 76.1 Å². The number of hydrogen-bond acceptors (Lipinski definition) is 4. The van der Waals surface area contributed by atoms with Gasteiger partial charge in [-0.25, -0.2) is 9.59 Å². The van der Waals surface area contributed by atoms with Crippen LogP contribution in [0.4, 0.5) is 4.79 Å². The number of hydrogen-bond donors (Lipinski definition) is 1. The highest BCUT2D eigenvalue weighted by atomic mass is 16.6. The Morgan fingerprint density at radius 1 is 1.36 bits per heavy atom. The van der Waals surface area contributed by atoms with Gasteiger partial charge in [0.05, 0.1) is 18.2 Å². The van der Waals surface area contributed by atoms with Gasteiger partial charge in [-0.3, -0.25) is 4.90 Å². The molecule has 0 aromatic heterocycles. The Kier molecular flexibility index (Phi) is 4.70. The fourth-order valence-corrected chi connectivity index (χ4v) is 4.09. The predicted octanol–water partition coefficient (Wildman–Crippen LogP) is 2.66. The molecule has 22 heavy (non-hydrogen) atoms. The number of esters is 1. The normalized spacial score (nSPS) is 31.2. The van der Waals surface area contributed by atoms with Gasteiger partial charge < -0.3 is 14.6 Å². The first-order chi connectivity index (χ1) is 10.2. The molecule has 0 radical (unpaired) electrons. The largest absolute Gasteiger partial charge is 0.465 e. The Morgan fingerprint density at radius 3 is 2.59 bits per heavy atom. The van der Waals surface area contributed by atoms with Gasteiger partial charge in [-0.2, -0.15) is 0 Å². The van der Waals surface area contributed by atoms with Crippen molar-refractivity contribution in [1.29, 1.82) is 0 Å². The van der Waals surface area contributed by atoms with Crippen molar-refractivity contribution >= 4 is 12.1 Å². The summed E-state index contributed by atoms with van der Waals surface area (Å²) in [5.74, 6) is -0.361. The summed E-state index contributed by atoms with van der Waals surface area (Å²) in [5.41, 5.74) is -0.590. The maximum absolute atomic E-state index is 11.7. The number of piperidine rings is 1. The van der Waals surface area contributed by atoms with Gasteiger partial charge in [0.1, 0.15) is 6.61 Å². The van der Waals surface area contributed by atoms with Crippen LogP contribution in [0.1, 0.15) is 53.4 Å². The third-order valence-corrected chi connectivity index (χ3v) is 5.16. The molecule has 1 N–H and O–H groups in total. The van der Waals surface area contributed by atoms with E-state index in [0.717, 1.165) is 12.8 Å². The first kappa shape index (κ1) is 17.1. The molecule has 6 nitrogen and oxygen atoms in total. The van der Waals surface area contributed by atoms with Crippen LogP contribution in [0, 0.1) is 5.41 Å². The minimum atomic E-state index is -0.846. The van der Waals surface area contributed by atoms with Gasteiger partial charge in [0.25, 0.3) is 0 Å². The van der Waals surface area contributed by atoms with E-state index in [1.165, 1.54) is 0 Å². The fraction of sp³-hybridized carbons (Fsp3) is 0.875. The molecule has 2 heterocycles. The molecule has 1 amide bonds. The van der Waals surface area contributed by atoms with Gasteiger partial charge in [-0.1, -0.05) is 20.8 Å². The van der Waals surface area contributed by atoms with Crippen molar-refractivity contribution in [3.05, 3.63) is 0 Å². The standard InChI is InChI=1S/C16H27NO5/c1-5-21-13(18)10-22-12-8-11-6-7-16(9-12,15(2,3)4)17(11)14(19)20/h11-12H,5-10H2,1-4H3,(H,19,20)/t11-,12-,16+/m0/s1. The van der Waals surface area contributed by atoms with E-state index in [9.17, 15) is 14.7 Å². The van der Waals surface area contributed by atoms with Crippen LogP contribution in [0.15, 0.2) is 0 Å². The molecule has 126 valence electrons. The quantitative estimate of drug-likeness (QED) is 0.808. The van der Waals surface area contributed by atoms with Crippen LogP contribution in [0.25, 0.3) is 0 Å². The second-order valence-corrected chi connectivity index (χ2v) is 7.30. The molecule has 0 aromatic rings. The summed E-state index contributed by atoms with van der Waals surface area (Å²) < 4.78 is 10.6. The van der Waals surface area contributed by atoms with Crippen molar-refractivity contribution in [2.45, 2.75) is 71.1 Å². The number of carboxylic acid groups (broad SMARTS) is 1. The third kappa shape index (κ3) is 2.93. The number of nitrogens with zero attached hydrogens (tertiary/aromatic N) is 1. The third-order valence-electron chi connectivity index (χ3n) is 5.16. The maximum atomic E-state index is 11.7. The summed E-state index contributed by atoms with van der Waals surface area (Å²) in [7, 11) is 0. The van der Waals surface area contributed by atoms with Crippen molar-refractivity contribution in [1.82, 2.24) is 4.90 Å². The van der Waals surface area contributed by atoms with Crippen molar-refractivity contribution in [3.63, 3.8) is 0 Å². The average Bonchev–Trinajstić information content (AvgIpc) is 2.66. The predicted molar refractivity (Wildman–Crippen MR) is 80.7 cm³/mol. The molecule has 0 saturated carbocycles. The molecule has 2 rings (SSSR count). The van der Waals surface area contributed by atoms with E-state index >= 15 is 0 Å². The molecule has 2 aliphatic heterocycles. The Balaban J connectivity index is 2.12. The van der Waals surface area contributed by atoms with E-state index in [1.807, 2.05) is 0 Å². The Morgan fingerprint density at radius 2 is 2.05 bits per heavy atom. The number of rotatable bonds is 4. The SMILES string of the molecule is CCOC(=O)CO[C@H]1C[C@@H]2CC[C@](C(C)(C)C)(C1)N2C(=O)O. The van der Waals surface area contributed by atoms with Crippen LogP contribution in [-0.2, 0) is 14.3 Å². The first-order valence-corrected chi connectivity index (χ1v) is 8.01. The second-order valence-electron chi connectivity index (χ2n) is 7.30. The van der Waals surface area contributed by atoms with Crippen LogP contribution < -0.4 is 0 Å². The van der Waals surface area contributed by atoms with Crippen LogP contribution in [0.2, 0.25) is 0 Å². The van der Waals surface area contributed by atoms with Crippen LogP contribution in [-0.4, -0.2) is 53.0 Å². The Hall–Kier alpha value is -1.30. The van der Waals surface area contributed by atoms with Crippen LogP contribution >= 0.6 is 0 Å². The number of fused-ring (bicyclic) bond motifs is 2. The molecule has 0 spiro atoms. The van der Waals surface area contributed by atoms with Gasteiger partial charge >= 0.3 is 12.1 Å². The van der Waals surface area contributed by atoms with E-state index in [1.54, 1.807) is 11.8 Å². The number of carbonyl (C=O) groups excluding carboxylic acids is 1. The highest BCUT2D eigenvalue weighted by Gasteiger charge is 2.59. The van der Waals surface area contributed by atoms with Gasteiger partial charge in [-0.05, 0) is 38.0 Å². The number of amides is 1. The summed E-state index contributed by atoms with van der Waals surface area (Å²) >= 11 is 0. The van der Waals surface area contributed by atoms with Crippen LogP contribution in [0.5, 0.6) is 0 Å². The van der Waals surface area contributed by atoms with E-state index in [4.69, 9.17) is 9.47 Å². The van der Waals surface area contributed by atoms with Crippen molar-refractivity contribution in [2.24, 2.45) is 5.41 Å². The molecule has 2 fully saturated rings. The summed E-state index contributed by atoms with van der Waals surface area (Å²) in [6, 6.07) is -0.0160. The molecule has 2 aliphatic rings. The smallest absolute Gasteiger partial charge is 0.408 e. The molecule has 0 aromatic carbocycles. The highest BCUT2D eigenvalue weighted by Crippen LogP contribution is 2.53. The van der Waals surface area contributed by atoms with Gasteiger partial charge in [0.15, 0.2) is 0 Å². The molecule has 6 heteroatoms. The van der Waals surface area contributed by atoms with Gasteiger partial charge in [0, 0.05) is 6.04 Å². The van der Waals surface area contributed by atoms with E-state index < -0.39 is 11.6 Å². The minimum Gasteiger partial charge on any atom is -0.465 e. The average molecular weight is 313 g/mol. The lowest BCUT2D eigenvalue weighted by molar-refractivity contribution is -0.154.